The third kappa shape index (κ3) is 2.64. The first kappa shape index (κ1) is 17.0. The molecule has 5 aliphatic rings. The highest BCUT2D eigenvalue weighted by Gasteiger charge is 2.59. The van der Waals surface area contributed by atoms with E-state index < -0.39 is 5.60 Å². The van der Waals surface area contributed by atoms with E-state index >= 15 is 0 Å². The molecule has 0 spiro atoms. The predicted molar refractivity (Wildman–Crippen MR) is 100.0 cm³/mol. The average Bonchev–Trinajstić information content (AvgIpc) is 3.35. The molecule has 0 saturated heterocycles. The van der Waals surface area contributed by atoms with Crippen molar-refractivity contribution in [3.05, 3.63) is 0 Å². The Bertz CT molecular complexity index is 524. The molecule has 0 radical (unpaired) electrons. The Hall–Kier alpha value is -0.0800. The normalized spacial score (nSPS) is 56.6. The van der Waals surface area contributed by atoms with Gasteiger partial charge in [0.2, 0.25) is 0 Å². The van der Waals surface area contributed by atoms with Crippen LogP contribution in [-0.2, 0) is 0 Å². The molecule has 0 aromatic rings. The summed E-state index contributed by atoms with van der Waals surface area (Å²) in [7, 11) is 0. The van der Waals surface area contributed by atoms with Gasteiger partial charge in [0.1, 0.15) is 0 Å². The van der Waals surface area contributed by atoms with Crippen LogP contribution in [0.2, 0.25) is 0 Å². The molecule has 2 heteroatoms. The Morgan fingerprint density at radius 2 is 1.56 bits per heavy atom. The Morgan fingerprint density at radius 3 is 2.32 bits per heavy atom. The van der Waals surface area contributed by atoms with Crippen LogP contribution in [-0.4, -0.2) is 21.9 Å². The van der Waals surface area contributed by atoms with Crippen molar-refractivity contribution in [3.63, 3.8) is 0 Å². The molecule has 25 heavy (non-hydrogen) atoms. The molecule has 0 bridgehead atoms. The Morgan fingerprint density at radius 1 is 0.800 bits per heavy atom. The van der Waals surface area contributed by atoms with E-state index in [9.17, 15) is 10.2 Å². The first-order chi connectivity index (χ1) is 11.9. The lowest BCUT2D eigenvalue weighted by molar-refractivity contribution is -0.109. The summed E-state index contributed by atoms with van der Waals surface area (Å²) in [5.74, 6) is 5.59. The fourth-order valence-corrected chi connectivity index (χ4v) is 8.45. The monoisotopic (exact) mass is 346 g/mol. The van der Waals surface area contributed by atoms with Crippen LogP contribution in [0.5, 0.6) is 0 Å². The van der Waals surface area contributed by atoms with Gasteiger partial charge < -0.3 is 10.2 Å². The predicted octanol–water partition coefficient (Wildman–Crippen LogP) is 4.78. The minimum atomic E-state index is -0.399. The van der Waals surface area contributed by atoms with E-state index in [2.05, 4.69) is 13.8 Å². The maximum atomic E-state index is 10.9. The van der Waals surface area contributed by atoms with Gasteiger partial charge in [-0.05, 0) is 124 Å². The smallest absolute Gasteiger partial charge is 0.0622 e. The summed E-state index contributed by atoms with van der Waals surface area (Å²) >= 11 is 0. The third-order valence-corrected chi connectivity index (χ3v) is 9.83. The second-order valence-electron chi connectivity index (χ2n) is 11.2. The quantitative estimate of drug-likeness (QED) is 0.755. The maximum Gasteiger partial charge on any atom is 0.0622 e. The van der Waals surface area contributed by atoms with Gasteiger partial charge in [0.25, 0.3) is 0 Å². The lowest BCUT2D eigenvalue weighted by Crippen LogP contribution is -2.51. The van der Waals surface area contributed by atoms with Gasteiger partial charge in [-0.25, -0.2) is 0 Å². The van der Waals surface area contributed by atoms with Gasteiger partial charge in [0, 0.05) is 0 Å². The van der Waals surface area contributed by atoms with E-state index in [-0.39, 0.29) is 6.10 Å². The molecule has 5 aliphatic carbocycles. The van der Waals surface area contributed by atoms with Crippen molar-refractivity contribution in [1.82, 2.24) is 0 Å². The molecule has 142 valence electrons. The SMILES string of the molecule is C[C@@]1(O)CC[C@H]2[C@H](CC[C@@H]3[C@@H]2CC[C@]2(C)[C@@H](C(O)C4CC4)CC[C@@H]32)C1. The van der Waals surface area contributed by atoms with Crippen LogP contribution in [0.15, 0.2) is 0 Å². The van der Waals surface area contributed by atoms with Crippen molar-refractivity contribution in [1.29, 1.82) is 0 Å². The van der Waals surface area contributed by atoms with E-state index in [1.165, 1.54) is 57.8 Å². The number of rotatable bonds is 2. The molecule has 5 rings (SSSR count). The van der Waals surface area contributed by atoms with E-state index in [1.807, 2.05) is 0 Å². The zero-order valence-corrected chi connectivity index (χ0v) is 16.3. The zero-order valence-electron chi connectivity index (χ0n) is 16.3. The highest BCUT2D eigenvalue weighted by atomic mass is 16.3. The van der Waals surface area contributed by atoms with Gasteiger partial charge in [0.15, 0.2) is 0 Å². The minimum Gasteiger partial charge on any atom is -0.393 e. The number of hydrogen-bond donors (Lipinski definition) is 2. The van der Waals surface area contributed by atoms with Gasteiger partial charge in [-0.1, -0.05) is 6.92 Å². The molecule has 0 aromatic carbocycles. The van der Waals surface area contributed by atoms with Gasteiger partial charge in [-0.3, -0.25) is 0 Å². The molecule has 0 aromatic heterocycles. The number of fused-ring (bicyclic) bond motifs is 5. The molecule has 0 heterocycles. The van der Waals surface area contributed by atoms with Crippen LogP contribution >= 0.6 is 0 Å². The van der Waals surface area contributed by atoms with E-state index in [0.717, 1.165) is 42.4 Å². The standard InChI is InChI=1S/C23H38O2/c1-22(25)11-9-16-15(13-22)5-6-18-17(16)10-12-23(2)19(18)7-8-20(23)21(24)14-3-4-14/h14-21,24-25H,3-13H2,1-2H3/t15-,16+,17-,18-,19+,20-,21?,22-,23+/m1/s1. The molecule has 0 amide bonds. The molecular formula is C23H38O2. The van der Waals surface area contributed by atoms with Gasteiger partial charge >= 0.3 is 0 Å². The third-order valence-electron chi connectivity index (χ3n) is 9.83. The van der Waals surface area contributed by atoms with Crippen molar-refractivity contribution in [3.8, 4) is 0 Å². The van der Waals surface area contributed by atoms with Gasteiger partial charge in [-0.2, -0.15) is 0 Å². The average molecular weight is 347 g/mol. The molecule has 9 atom stereocenters. The summed E-state index contributed by atoms with van der Waals surface area (Å²) in [5.41, 5.74) is 0.0141. The van der Waals surface area contributed by atoms with Crippen molar-refractivity contribution in [2.75, 3.05) is 0 Å². The number of aliphatic hydroxyl groups is 2. The summed E-state index contributed by atoms with van der Waals surface area (Å²) in [4.78, 5) is 0. The zero-order chi connectivity index (χ0) is 17.4. The highest BCUT2D eigenvalue weighted by molar-refractivity contribution is 5.09. The fourth-order valence-electron chi connectivity index (χ4n) is 8.45. The summed E-state index contributed by atoms with van der Waals surface area (Å²) in [6, 6.07) is 0. The molecule has 0 aliphatic heterocycles. The van der Waals surface area contributed by atoms with Crippen LogP contribution < -0.4 is 0 Å². The first-order valence-electron chi connectivity index (χ1n) is 11.3. The van der Waals surface area contributed by atoms with E-state index in [0.29, 0.717) is 17.3 Å². The molecule has 2 N–H and O–H groups in total. The summed E-state index contributed by atoms with van der Waals surface area (Å²) < 4.78 is 0. The molecule has 1 unspecified atom stereocenters. The first-order valence-corrected chi connectivity index (χ1v) is 11.3. The second kappa shape index (κ2) is 5.71. The van der Waals surface area contributed by atoms with Crippen molar-refractivity contribution in [2.24, 2.45) is 46.8 Å². The lowest BCUT2D eigenvalue weighted by atomic mass is 9.48. The minimum absolute atomic E-state index is 0.00679. The van der Waals surface area contributed by atoms with E-state index in [1.54, 1.807) is 0 Å². The molecule has 5 fully saturated rings. The summed E-state index contributed by atoms with van der Waals surface area (Å²) in [6.07, 6.45) is 14.0. The molecule has 2 nitrogen and oxygen atoms in total. The highest BCUT2D eigenvalue weighted by Crippen LogP contribution is 2.66. The van der Waals surface area contributed by atoms with Crippen LogP contribution in [0.4, 0.5) is 0 Å². The summed E-state index contributed by atoms with van der Waals surface area (Å²) in [5, 5.41) is 21.4. The van der Waals surface area contributed by atoms with Gasteiger partial charge in [0.05, 0.1) is 11.7 Å². The van der Waals surface area contributed by atoms with Crippen LogP contribution in [0.1, 0.15) is 84.5 Å². The van der Waals surface area contributed by atoms with Crippen molar-refractivity contribution < 1.29 is 10.2 Å². The largest absolute Gasteiger partial charge is 0.393 e. The maximum absolute atomic E-state index is 10.9. The van der Waals surface area contributed by atoms with Crippen LogP contribution in [0, 0.1) is 46.8 Å². The number of aliphatic hydroxyl groups excluding tert-OH is 1. The topological polar surface area (TPSA) is 40.5 Å². The summed E-state index contributed by atoms with van der Waals surface area (Å²) in [6.45, 7) is 4.61. The fraction of sp³-hybridized carbons (Fsp3) is 1.00. The molecular weight excluding hydrogens is 308 g/mol. The van der Waals surface area contributed by atoms with Crippen LogP contribution in [0.3, 0.4) is 0 Å². The second-order valence-corrected chi connectivity index (χ2v) is 11.2. The van der Waals surface area contributed by atoms with Crippen molar-refractivity contribution >= 4 is 0 Å². The Labute approximate surface area is 153 Å². The van der Waals surface area contributed by atoms with Gasteiger partial charge in [-0.15, -0.1) is 0 Å². The molecule has 5 saturated carbocycles. The number of hydrogen-bond acceptors (Lipinski definition) is 2. The van der Waals surface area contributed by atoms with Crippen molar-refractivity contribution in [2.45, 2.75) is 96.2 Å². The lowest BCUT2D eigenvalue weighted by Gasteiger charge is -2.57. The van der Waals surface area contributed by atoms with E-state index in [4.69, 9.17) is 0 Å². The Kier molecular flexibility index (Phi) is 3.89. The Balaban J connectivity index is 1.35. The van der Waals surface area contributed by atoms with Crippen LogP contribution in [0.25, 0.3) is 0 Å².